The number of aliphatic hydroxyl groups excluding tert-OH is 1. The van der Waals surface area contributed by atoms with Gasteiger partial charge in [0, 0.05) is 19.5 Å². The van der Waals surface area contributed by atoms with Crippen LogP contribution in [0.1, 0.15) is 13.3 Å². The fourth-order valence-electron chi connectivity index (χ4n) is 1.29. The average Bonchev–Trinajstić information content (AvgIpc) is 2.09. The Hall–Kier alpha value is -1.03. The zero-order chi connectivity index (χ0) is 9.84. The summed E-state index contributed by atoms with van der Waals surface area (Å²) < 4.78 is 4.82. The minimum Gasteiger partial charge on any atom is -0.512 e. The molecule has 0 fully saturated rings. The maximum Gasteiger partial charge on any atom is 0.338 e. The van der Waals surface area contributed by atoms with E-state index in [1.54, 1.807) is 6.92 Å². The number of ether oxygens (including phenoxy) is 1. The lowest BCUT2D eigenvalue weighted by atomic mass is 10.1. The number of aliphatic hydroxyl groups is 1. The molecule has 74 valence electrons. The van der Waals surface area contributed by atoms with Gasteiger partial charge in [-0.1, -0.05) is 0 Å². The van der Waals surface area contributed by atoms with Crippen molar-refractivity contribution in [3.05, 3.63) is 11.3 Å². The first-order chi connectivity index (χ1) is 6.15. The van der Waals surface area contributed by atoms with E-state index in [-0.39, 0.29) is 5.76 Å². The third-order valence-electron chi connectivity index (χ3n) is 2.03. The molecule has 0 aliphatic carbocycles. The van der Waals surface area contributed by atoms with Crippen molar-refractivity contribution >= 4 is 5.97 Å². The van der Waals surface area contributed by atoms with E-state index in [1.807, 2.05) is 11.9 Å². The Bertz CT molecular complexity index is 235. The van der Waals surface area contributed by atoms with Crippen LogP contribution in [0.25, 0.3) is 0 Å². The Morgan fingerprint density at radius 2 is 2.38 bits per heavy atom. The molecule has 4 nitrogen and oxygen atoms in total. The molecule has 0 radical (unpaired) electrons. The van der Waals surface area contributed by atoms with Gasteiger partial charge in [0.2, 0.25) is 0 Å². The Balaban J connectivity index is 2.70. The van der Waals surface area contributed by atoms with Gasteiger partial charge in [0.25, 0.3) is 0 Å². The van der Waals surface area contributed by atoms with E-state index in [1.165, 1.54) is 0 Å². The molecule has 1 aliphatic rings. The molecule has 0 aromatic carbocycles. The summed E-state index contributed by atoms with van der Waals surface area (Å²) in [6.45, 7) is 3.36. The smallest absolute Gasteiger partial charge is 0.338 e. The molecule has 1 rings (SSSR count). The fraction of sp³-hybridized carbons (Fsp3) is 0.667. The van der Waals surface area contributed by atoms with Crippen LogP contribution >= 0.6 is 0 Å². The maximum atomic E-state index is 11.3. The van der Waals surface area contributed by atoms with Crippen molar-refractivity contribution in [2.24, 2.45) is 0 Å². The summed E-state index contributed by atoms with van der Waals surface area (Å²) in [4.78, 5) is 13.3. The van der Waals surface area contributed by atoms with Gasteiger partial charge < -0.3 is 14.7 Å². The summed E-state index contributed by atoms with van der Waals surface area (Å²) in [5, 5.41) is 9.44. The van der Waals surface area contributed by atoms with Crippen molar-refractivity contribution in [3.8, 4) is 0 Å². The van der Waals surface area contributed by atoms with Gasteiger partial charge in [0.15, 0.2) is 0 Å². The lowest BCUT2D eigenvalue weighted by Gasteiger charge is -2.23. The standard InChI is InChI=1S/C9H15NO3/c1-3-13-9(12)7-6-10(2)5-4-8(7)11/h11H,3-6H2,1-2H3. The molecular weight excluding hydrogens is 170 g/mol. The van der Waals surface area contributed by atoms with Crippen molar-refractivity contribution in [3.63, 3.8) is 0 Å². The van der Waals surface area contributed by atoms with E-state index in [2.05, 4.69) is 0 Å². The van der Waals surface area contributed by atoms with Crippen molar-refractivity contribution in [1.29, 1.82) is 0 Å². The molecule has 1 N–H and O–H groups in total. The van der Waals surface area contributed by atoms with E-state index < -0.39 is 5.97 Å². The number of hydrogen-bond acceptors (Lipinski definition) is 4. The highest BCUT2D eigenvalue weighted by atomic mass is 16.5. The Morgan fingerprint density at radius 3 is 3.00 bits per heavy atom. The molecule has 0 saturated heterocycles. The third-order valence-corrected chi connectivity index (χ3v) is 2.03. The molecule has 0 spiro atoms. The molecule has 4 heteroatoms. The highest BCUT2D eigenvalue weighted by Gasteiger charge is 2.22. The molecule has 0 aromatic heterocycles. The zero-order valence-electron chi connectivity index (χ0n) is 8.04. The summed E-state index contributed by atoms with van der Waals surface area (Å²) >= 11 is 0. The first-order valence-corrected chi connectivity index (χ1v) is 4.41. The Morgan fingerprint density at radius 1 is 1.69 bits per heavy atom. The molecule has 0 amide bonds. The highest BCUT2D eigenvalue weighted by molar-refractivity contribution is 5.89. The SMILES string of the molecule is CCOC(=O)C1=C(O)CCN(C)C1. The van der Waals surface area contributed by atoms with Crippen molar-refractivity contribution < 1.29 is 14.6 Å². The quantitative estimate of drug-likeness (QED) is 0.643. The Labute approximate surface area is 77.8 Å². The number of rotatable bonds is 2. The summed E-state index contributed by atoms with van der Waals surface area (Å²) in [6.07, 6.45) is 0.532. The monoisotopic (exact) mass is 185 g/mol. The topological polar surface area (TPSA) is 49.8 Å². The van der Waals surface area contributed by atoms with Gasteiger partial charge >= 0.3 is 5.97 Å². The molecule has 0 atom stereocenters. The normalized spacial score (nSPS) is 18.9. The highest BCUT2D eigenvalue weighted by Crippen LogP contribution is 2.15. The van der Waals surface area contributed by atoms with Crippen molar-refractivity contribution in [2.75, 3.05) is 26.7 Å². The maximum absolute atomic E-state index is 11.3. The number of likely N-dealkylation sites (N-methyl/N-ethyl adjacent to an activating group) is 1. The second-order valence-electron chi connectivity index (χ2n) is 3.13. The summed E-state index contributed by atoms with van der Waals surface area (Å²) in [7, 11) is 1.91. The van der Waals surface area contributed by atoms with Crippen LogP contribution in [0.15, 0.2) is 11.3 Å². The predicted octanol–water partition coefficient (Wildman–Crippen LogP) is 0.697. The molecule has 0 unspecified atom stereocenters. The third kappa shape index (κ3) is 2.45. The van der Waals surface area contributed by atoms with Crippen molar-refractivity contribution in [2.45, 2.75) is 13.3 Å². The van der Waals surface area contributed by atoms with E-state index in [0.29, 0.717) is 25.1 Å². The van der Waals surface area contributed by atoms with Crippen LogP contribution in [0, 0.1) is 0 Å². The van der Waals surface area contributed by atoms with Crippen LogP contribution in [-0.2, 0) is 9.53 Å². The molecule has 1 heterocycles. The van der Waals surface area contributed by atoms with Gasteiger partial charge in [-0.3, -0.25) is 0 Å². The number of nitrogens with zero attached hydrogens (tertiary/aromatic N) is 1. The molecule has 0 aromatic rings. The minimum atomic E-state index is -0.397. The van der Waals surface area contributed by atoms with E-state index in [0.717, 1.165) is 6.54 Å². The number of hydrogen-bond donors (Lipinski definition) is 1. The average molecular weight is 185 g/mol. The second kappa shape index (κ2) is 4.28. The molecular formula is C9H15NO3. The summed E-state index contributed by atoms with van der Waals surface area (Å²) in [6, 6.07) is 0. The van der Waals surface area contributed by atoms with Crippen LogP contribution in [-0.4, -0.2) is 42.7 Å². The summed E-state index contributed by atoms with van der Waals surface area (Å²) in [5.41, 5.74) is 0.399. The number of carbonyl (C=O) groups is 1. The first-order valence-electron chi connectivity index (χ1n) is 4.41. The zero-order valence-corrected chi connectivity index (χ0v) is 8.04. The van der Waals surface area contributed by atoms with Gasteiger partial charge in [0.05, 0.1) is 12.2 Å². The van der Waals surface area contributed by atoms with Crippen LogP contribution in [0.4, 0.5) is 0 Å². The van der Waals surface area contributed by atoms with Gasteiger partial charge in [-0.05, 0) is 14.0 Å². The predicted molar refractivity (Wildman–Crippen MR) is 48.4 cm³/mol. The largest absolute Gasteiger partial charge is 0.512 e. The van der Waals surface area contributed by atoms with Crippen LogP contribution in [0.2, 0.25) is 0 Å². The Kier molecular flexibility index (Phi) is 3.31. The van der Waals surface area contributed by atoms with Gasteiger partial charge in [-0.15, -0.1) is 0 Å². The lowest BCUT2D eigenvalue weighted by Crippen LogP contribution is -2.31. The molecule has 0 saturated carbocycles. The van der Waals surface area contributed by atoms with Crippen LogP contribution in [0.5, 0.6) is 0 Å². The van der Waals surface area contributed by atoms with Gasteiger partial charge in [-0.25, -0.2) is 4.79 Å². The first kappa shape index (κ1) is 10.1. The molecule has 0 bridgehead atoms. The summed E-state index contributed by atoms with van der Waals surface area (Å²) in [5.74, 6) is -0.219. The minimum absolute atomic E-state index is 0.177. The van der Waals surface area contributed by atoms with Gasteiger partial charge in [-0.2, -0.15) is 0 Å². The van der Waals surface area contributed by atoms with Gasteiger partial charge in [0.1, 0.15) is 5.76 Å². The number of esters is 1. The van der Waals surface area contributed by atoms with E-state index in [9.17, 15) is 9.90 Å². The van der Waals surface area contributed by atoms with E-state index in [4.69, 9.17) is 4.74 Å². The lowest BCUT2D eigenvalue weighted by molar-refractivity contribution is -0.139. The van der Waals surface area contributed by atoms with Crippen LogP contribution in [0.3, 0.4) is 0 Å². The fourth-order valence-corrected chi connectivity index (χ4v) is 1.29. The molecule has 13 heavy (non-hydrogen) atoms. The van der Waals surface area contributed by atoms with E-state index >= 15 is 0 Å². The van der Waals surface area contributed by atoms with Crippen LogP contribution < -0.4 is 0 Å². The second-order valence-corrected chi connectivity index (χ2v) is 3.13. The number of carbonyl (C=O) groups excluding carboxylic acids is 1. The molecule has 1 aliphatic heterocycles. The van der Waals surface area contributed by atoms with Crippen molar-refractivity contribution in [1.82, 2.24) is 4.90 Å².